The molecule has 1 N–H and O–H groups in total. The predicted molar refractivity (Wildman–Crippen MR) is 67.1 cm³/mol. The Morgan fingerprint density at radius 2 is 1.75 bits per heavy atom. The van der Waals surface area contributed by atoms with E-state index in [1.54, 1.807) is 12.1 Å². The van der Waals surface area contributed by atoms with E-state index >= 15 is 0 Å². The van der Waals surface area contributed by atoms with Crippen molar-refractivity contribution in [2.24, 2.45) is 5.92 Å². The van der Waals surface area contributed by atoms with E-state index in [2.05, 4.69) is 26.1 Å². The summed E-state index contributed by atoms with van der Waals surface area (Å²) in [6, 6.07) is 7.33. The van der Waals surface area contributed by atoms with Crippen LogP contribution in [0, 0.1) is 11.7 Å². The van der Waals surface area contributed by atoms with Crippen molar-refractivity contribution in [2.75, 3.05) is 7.05 Å². The molecule has 2 unspecified atom stereocenters. The first kappa shape index (κ1) is 13.2. The minimum absolute atomic E-state index is 0.163. The first-order valence-corrected chi connectivity index (χ1v) is 6.02. The average molecular weight is 223 g/mol. The molecule has 16 heavy (non-hydrogen) atoms. The molecule has 2 atom stereocenters. The molecule has 0 radical (unpaired) electrons. The van der Waals surface area contributed by atoms with Crippen molar-refractivity contribution in [2.45, 2.75) is 39.2 Å². The van der Waals surface area contributed by atoms with Crippen molar-refractivity contribution in [1.82, 2.24) is 5.32 Å². The van der Waals surface area contributed by atoms with Crippen molar-refractivity contribution in [3.8, 4) is 0 Å². The molecule has 0 saturated carbocycles. The van der Waals surface area contributed by atoms with Gasteiger partial charge in [-0.3, -0.25) is 0 Å². The highest BCUT2D eigenvalue weighted by molar-refractivity contribution is 5.22. The third-order valence-electron chi connectivity index (χ3n) is 3.22. The molecule has 0 aliphatic heterocycles. The molecule has 0 aliphatic rings. The molecule has 1 aromatic rings. The predicted octanol–water partition coefficient (Wildman–Crippen LogP) is 3.56. The van der Waals surface area contributed by atoms with Crippen LogP contribution >= 0.6 is 0 Å². The zero-order valence-corrected chi connectivity index (χ0v) is 10.6. The summed E-state index contributed by atoms with van der Waals surface area (Å²) in [5.74, 6) is 0.856. The maximum atomic E-state index is 12.9. The summed E-state index contributed by atoms with van der Waals surface area (Å²) in [5.41, 5.74) is 1.22. The fourth-order valence-corrected chi connectivity index (χ4v) is 2.41. The van der Waals surface area contributed by atoms with Gasteiger partial charge in [0.05, 0.1) is 0 Å². The fourth-order valence-electron chi connectivity index (χ4n) is 2.41. The Hall–Kier alpha value is -0.890. The molecule has 0 bridgehead atoms. The summed E-state index contributed by atoms with van der Waals surface area (Å²) >= 11 is 0. The van der Waals surface area contributed by atoms with Gasteiger partial charge in [-0.1, -0.05) is 32.9 Å². The number of rotatable bonds is 5. The van der Waals surface area contributed by atoms with E-state index in [1.165, 1.54) is 5.56 Å². The third-order valence-corrected chi connectivity index (χ3v) is 3.22. The van der Waals surface area contributed by atoms with Crippen LogP contribution in [-0.2, 0) is 0 Å². The Labute approximate surface area is 98.1 Å². The molecule has 1 aromatic carbocycles. The molecule has 0 amide bonds. The SMILES string of the molecule is CCC(c1ccc(F)cc1)C(NC)C(C)C. The Morgan fingerprint density at radius 1 is 1.19 bits per heavy atom. The van der Waals surface area contributed by atoms with Crippen molar-refractivity contribution >= 4 is 0 Å². The standard InChI is InChI=1S/C14H22FN/c1-5-13(14(16-4)10(2)3)11-6-8-12(15)9-7-11/h6-10,13-14,16H,5H2,1-4H3. The lowest BCUT2D eigenvalue weighted by Gasteiger charge is -2.29. The van der Waals surface area contributed by atoms with Crippen LogP contribution in [0.1, 0.15) is 38.7 Å². The maximum Gasteiger partial charge on any atom is 0.123 e. The van der Waals surface area contributed by atoms with Gasteiger partial charge in [0.2, 0.25) is 0 Å². The van der Waals surface area contributed by atoms with Gasteiger partial charge >= 0.3 is 0 Å². The van der Waals surface area contributed by atoms with Crippen molar-refractivity contribution in [3.05, 3.63) is 35.6 Å². The largest absolute Gasteiger partial charge is 0.316 e. The van der Waals surface area contributed by atoms with Crippen LogP contribution in [-0.4, -0.2) is 13.1 Å². The van der Waals surface area contributed by atoms with Gasteiger partial charge in [0.1, 0.15) is 5.82 Å². The average Bonchev–Trinajstić information content (AvgIpc) is 2.26. The Morgan fingerprint density at radius 3 is 2.12 bits per heavy atom. The van der Waals surface area contributed by atoms with Crippen molar-refractivity contribution < 1.29 is 4.39 Å². The number of benzene rings is 1. The molecule has 0 aliphatic carbocycles. The Kier molecular flexibility index (Phi) is 4.94. The number of hydrogen-bond acceptors (Lipinski definition) is 1. The molecule has 2 heteroatoms. The van der Waals surface area contributed by atoms with Gasteiger partial charge in [-0.15, -0.1) is 0 Å². The summed E-state index contributed by atoms with van der Waals surface area (Å²) in [5, 5.41) is 3.37. The zero-order valence-electron chi connectivity index (χ0n) is 10.6. The molecular formula is C14H22FN. The van der Waals surface area contributed by atoms with E-state index in [-0.39, 0.29) is 5.82 Å². The second-order valence-electron chi connectivity index (χ2n) is 4.62. The lowest BCUT2D eigenvalue weighted by atomic mass is 9.83. The molecule has 0 saturated heterocycles. The molecule has 90 valence electrons. The van der Waals surface area contributed by atoms with Crippen LogP contribution in [0.4, 0.5) is 4.39 Å². The Bertz CT molecular complexity index is 305. The summed E-state index contributed by atoms with van der Waals surface area (Å²) in [6.07, 6.45) is 1.06. The van der Waals surface area contributed by atoms with Gasteiger partial charge < -0.3 is 5.32 Å². The highest BCUT2D eigenvalue weighted by atomic mass is 19.1. The van der Waals surface area contributed by atoms with Gasteiger partial charge in [0.15, 0.2) is 0 Å². The quantitative estimate of drug-likeness (QED) is 0.804. The first-order chi connectivity index (χ1) is 7.60. The summed E-state index contributed by atoms with van der Waals surface area (Å²) in [7, 11) is 2.00. The Balaban J connectivity index is 2.92. The van der Waals surface area contributed by atoms with E-state index in [0.29, 0.717) is 17.9 Å². The molecule has 0 fully saturated rings. The summed E-state index contributed by atoms with van der Waals surface area (Å²) in [4.78, 5) is 0. The molecule has 1 nitrogen and oxygen atoms in total. The molecule has 0 heterocycles. The molecular weight excluding hydrogens is 201 g/mol. The van der Waals surface area contributed by atoms with Crippen LogP contribution in [0.3, 0.4) is 0 Å². The highest BCUT2D eigenvalue weighted by Crippen LogP contribution is 2.27. The topological polar surface area (TPSA) is 12.0 Å². The van der Waals surface area contributed by atoms with Crippen molar-refractivity contribution in [1.29, 1.82) is 0 Å². The van der Waals surface area contributed by atoms with Gasteiger partial charge in [0, 0.05) is 6.04 Å². The fraction of sp³-hybridized carbons (Fsp3) is 0.571. The van der Waals surface area contributed by atoms with E-state index < -0.39 is 0 Å². The normalized spacial score (nSPS) is 15.1. The number of hydrogen-bond donors (Lipinski definition) is 1. The summed E-state index contributed by atoms with van der Waals surface area (Å²) in [6.45, 7) is 6.61. The summed E-state index contributed by atoms with van der Waals surface area (Å²) < 4.78 is 12.9. The molecule has 0 spiro atoms. The maximum absolute atomic E-state index is 12.9. The number of likely N-dealkylation sites (N-methyl/N-ethyl adjacent to an activating group) is 1. The lowest BCUT2D eigenvalue weighted by molar-refractivity contribution is 0.355. The lowest BCUT2D eigenvalue weighted by Crippen LogP contribution is -2.36. The van der Waals surface area contributed by atoms with Gasteiger partial charge in [-0.2, -0.15) is 0 Å². The van der Waals surface area contributed by atoms with Crippen LogP contribution in [0.25, 0.3) is 0 Å². The third kappa shape index (κ3) is 3.05. The van der Waals surface area contributed by atoms with E-state index in [1.807, 2.05) is 19.2 Å². The molecule has 0 aromatic heterocycles. The smallest absolute Gasteiger partial charge is 0.123 e. The van der Waals surface area contributed by atoms with E-state index in [4.69, 9.17) is 0 Å². The van der Waals surface area contributed by atoms with Crippen LogP contribution in [0.5, 0.6) is 0 Å². The van der Waals surface area contributed by atoms with Crippen LogP contribution in [0.2, 0.25) is 0 Å². The number of nitrogens with one attached hydrogen (secondary N) is 1. The van der Waals surface area contributed by atoms with Gasteiger partial charge in [-0.25, -0.2) is 4.39 Å². The highest BCUT2D eigenvalue weighted by Gasteiger charge is 2.22. The minimum atomic E-state index is -0.163. The van der Waals surface area contributed by atoms with Gasteiger partial charge in [-0.05, 0) is 43.0 Å². The second kappa shape index (κ2) is 6.00. The molecule has 1 rings (SSSR count). The number of halogens is 1. The van der Waals surface area contributed by atoms with Crippen LogP contribution < -0.4 is 5.32 Å². The van der Waals surface area contributed by atoms with E-state index in [0.717, 1.165) is 6.42 Å². The second-order valence-corrected chi connectivity index (χ2v) is 4.62. The zero-order chi connectivity index (χ0) is 12.1. The van der Waals surface area contributed by atoms with Crippen LogP contribution in [0.15, 0.2) is 24.3 Å². The minimum Gasteiger partial charge on any atom is -0.316 e. The van der Waals surface area contributed by atoms with Crippen molar-refractivity contribution in [3.63, 3.8) is 0 Å². The first-order valence-electron chi connectivity index (χ1n) is 6.02. The van der Waals surface area contributed by atoms with Gasteiger partial charge in [0.25, 0.3) is 0 Å². The van der Waals surface area contributed by atoms with E-state index in [9.17, 15) is 4.39 Å². The monoisotopic (exact) mass is 223 g/mol.